The third-order valence-electron chi connectivity index (χ3n) is 6.91. The molecule has 4 heterocycles. The van der Waals surface area contributed by atoms with E-state index in [1.165, 1.54) is 0 Å². The first kappa shape index (κ1) is 21.3. The molecule has 0 unspecified atom stereocenters. The topological polar surface area (TPSA) is 136 Å². The van der Waals surface area contributed by atoms with Gasteiger partial charge in [-0.25, -0.2) is 9.97 Å². The quantitative estimate of drug-likeness (QED) is 0.437. The van der Waals surface area contributed by atoms with E-state index in [9.17, 15) is 9.59 Å². The summed E-state index contributed by atoms with van der Waals surface area (Å²) in [4.78, 5) is 39.0. The van der Waals surface area contributed by atoms with Crippen molar-refractivity contribution in [3.05, 3.63) is 42.4 Å². The first-order chi connectivity index (χ1) is 16.9. The molecular formula is C25H24N6O4. The van der Waals surface area contributed by atoms with Gasteiger partial charge < -0.3 is 25.1 Å². The number of rotatable bonds is 6. The summed E-state index contributed by atoms with van der Waals surface area (Å²) in [5.41, 5.74) is 7.58. The number of carbonyl (C=O) groups excluding carboxylic acids is 2. The van der Waals surface area contributed by atoms with Crippen molar-refractivity contribution in [3.8, 4) is 17.2 Å². The molecule has 3 aromatic heterocycles. The summed E-state index contributed by atoms with van der Waals surface area (Å²) in [6.07, 6.45) is 4.77. The van der Waals surface area contributed by atoms with E-state index in [-0.39, 0.29) is 17.9 Å². The Hall–Kier alpha value is -4.21. The van der Waals surface area contributed by atoms with E-state index in [1.54, 1.807) is 31.3 Å². The van der Waals surface area contributed by atoms with Crippen molar-refractivity contribution in [1.82, 2.24) is 19.9 Å². The van der Waals surface area contributed by atoms with Crippen LogP contribution in [0, 0.1) is 0 Å². The zero-order chi connectivity index (χ0) is 24.3. The van der Waals surface area contributed by atoms with E-state index in [4.69, 9.17) is 19.9 Å². The number of pyridine rings is 2. The zero-order valence-corrected chi connectivity index (χ0v) is 19.4. The highest BCUT2D eigenvalue weighted by Gasteiger charge is 2.51. The minimum absolute atomic E-state index is 0.0316. The Bertz CT molecular complexity index is 1500. The van der Waals surface area contributed by atoms with E-state index in [0.717, 1.165) is 10.8 Å². The SMILES string of the molecule is CNc1ncc(-c2nc3cc(OC4CN(C(C)=O)C4)ccc3o2)c2cc(C3(C(N)=O)CC3)ncc12. The van der Waals surface area contributed by atoms with E-state index < -0.39 is 5.41 Å². The molecule has 0 radical (unpaired) electrons. The van der Waals surface area contributed by atoms with Gasteiger partial charge in [0.15, 0.2) is 5.58 Å². The molecule has 6 rings (SSSR count). The number of carbonyl (C=O) groups is 2. The monoisotopic (exact) mass is 472 g/mol. The maximum Gasteiger partial charge on any atom is 0.229 e. The second kappa shape index (κ2) is 7.66. The molecule has 1 aliphatic carbocycles. The number of hydrogen-bond acceptors (Lipinski definition) is 8. The highest BCUT2D eigenvalue weighted by Crippen LogP contribution is 2.48. The summed E-state index contributed by atoms with van der Waals surface area (Å²) >= 11 is 0. The van der Waals surface area contributed by atoms with Gasteiger partial charge >= 0.3 is 0 Å². The predicted molar refractivity (Wildman–Crippen MR) is 129 cm³/mol. The lowest BCUT2D eigenvalue weighted by Crippen LogP contribution is -2.55. The first-order valence-electron chi connectivity index (χ1n) is 11.5. The Morgan fingerprint density at radius 2 is 1.97 bits per heavy atom. The average Bonchev–Trinajstić information content (AvgIpc) is 3.53. The third-order valence-corrected chi connectivity index (χ3v) is 6.91. The van der Waals surface area contributed by atoms with Crippen molar-refractivity contribution < 1.29 is 18.7 Å². The lowest BCUT2D eigenvalue weighted by molar-refractivity contribution is -0.137. The maximum absolute atomic E-state index is 12.1. The Morgan fingerprint density at radius 3 is 2.66 bits per heavy atom. The summed E-state index contributed by atoms with van der Waals surface area (Å²) in [6.45, 7) is 2.71. The maximum atomic E-state index is 12.1. The van der Waals surface area contributed by atoms with E-state index >= 15 is 0 Å². The van der Waals surface area contributed by atoms with Crippen molar-refractivity contribution in [3.63, 3.8) is 0 Å². The van der Waals surface area contributed by atoms with E-state index in [2.05, 4.69) is 15.3 Å². The molecule has 4 aromatic rings. The van der Waals surface area contributed by atoms with Crippen LogP contribution in [0.25, 0.3) is 33.3 Å². The number of nitrogens with two attached hydrogens (primary N) is 1. The average molecular weight is 473 g/mol. The van der Waals surface area contributed by atoms with Gasteiger partial charge in [0.1, 0.15) is 23.2 Å². The third kappa shape index (κ3) is 3.44. The first-order valence-corrected chi connectivity index (χ1v) is 11.5. The molecule has 2 amide bonds. The van der Waals surface area contributed by atoms with Crippen LogP contribution in [-0.2, 0) is 15.0 Å². The number of amides is 2. The predicted octanol–water partition coefficient (Wildman–Crippen LogP) is 2.61. The highest BCUT2D eigenvalue weighted by atomic mass is 16.5. The largest absolute Gasteiger partial charge is 0.487 e. The molecular weight excluding hydrogens is 448 g/mol. The van der Waals surface area contributed by atoms with Crippen LogP contribution in [-0.4, -0.2) is 57.9 Å². The molecule has 3 N–H and O–H groups in total. The minimum Gasteiger partial charge on any atom is -0.487 e. The smallest absolute Gasteiger partial charge is 0.229 e. The van der Waals surface area contributed by atoms with Gasteiger partial charge in [0.2, 0.25) is 17.7 Å². The van der Waals surface area contributed by atoms with Crippen molar-refractivity contribution in [2.45, 2.75) is 31.3 Å². The number of ether oxygens (including phenoxy) is 1. The van der Waals surface area contributed by atoms with Gasteiger partial charge in [0.25, 0.3) is 0 Å². The van der Waals surface area contributed by atoms with Gasteiger partial charge in [-0.3, -0.25) is 14.6 Å². The van der Waals surface area contributed by atoms with Gasteiger partial charge in [-0.2, -0.15) is 0 Å². The van der Waals surface area contributed by atoms with Crippen molar-refractivity contribution in [1.29, 1.82) is 0 Å². The zero-order valence-electron chi connectivity index (χ0n) is 19.4. The second-order valence-electron chi connectivity index (χ2n) is 9.14. The molecule has 0 spiro atoms. The van der Waals surface area contributed by atoms with Crippen LogP contribution in [0.15, 0.2) is 41.1 Å². The molecule has 0 bridgehead atoms. The van der Waals surface area contributed by atoms with Crippen LogP contribution in [0.5, 0.6) is 5.75 Å². The molecule has 2 aliphatic rings. The molecule has 2 fully saturated rings. The lowest BCUT2D eigenvalue weighted by atomic mass is 9.98. The van der Waals surface area contributed by atoms with Crippen LogP contribution in [0.1, 0.15) is 25.5 Å². The number of anilines is 1. The van der Waals surface area contributed by atoms with E-state index in [0.29, 0.717) is 65.7 Å². The number of fused-ring (bicyclic) bond motifs is 2. The molecule has 35 heavy (non-hydrogen) atoms. The molecule has 1 aromatic carbocycles. The summed E-state index contributed by atoms with van der Waals surface area (Å²) in [6, 6.07) is 7.38. The number of nitrogens with one attached hydrogen (secondary N) is 1. The second-order valence-corrected chi connectivity index (χ2v) is 9.14. The number of primary amides is 1. The van der Waals surface area contributed by atoms with Crippen LogP contribution in [0.4, 0.5) is 5.82 Å². The molecule has 10 heteroatoms. The summed E-state index contributed by atoms with van der Waals surface area (Å²) in [5.74, 6) is 1.43. The number of nitrogens with zero attached hydrogens (tertiary/aromatic N) is 4. The summed E-state index contributed by atoms with van der Waals surface area (Å²) in [5, 5.41) is 4.70. The lowest BCUT2D eigenvalue weighted by Gasteiger charge is -2.38. The highest BCUT2D eigenvalue weighted by molar-refractivity contribution is 6.01. The molecule has 10 nitrogen and oxygen atoms in total. The number of aromatic nitrogens is 3. The van der Waals surface area contributed by atoms with Gasteiger partial charge in [-0.15, -0.1) is 0 Å². The van der Waals surface area contributed by atoms with Crippen LogP contribution in [0.2, 0.25) is 0 Å². The summed E-state index contributed by atoms with van der Waals surface area (Å²) < 4.78 is 12.1. The van der Waals surface area contributed by atoms with Crippen molar-refractivity contribution in [2.24, 2.45) is 5.73 Å². The Labute approximate surface area is 200 Å². The number of oxazole rings is 1. The molecule has 178 valence electrons. The number of benzene rings is 1. The fourth-order valence-electron chi connectivity index (χ4n) is 4.58. The molecule has 1 aliphatic heterocycles. The number of hydrogen-bond donors (Lipinski definition) is 2. The fraction of sp³-hybridized carbons (Fsp3) is 0.320. The van der Waals surface area contributed by atoms with Crippen LogP contribution in [0.3, 0.4) is 0 Å². The fourth-order valence-corrected chi connectivity index (χ4v) is 4.58. The van der Waals surface area contributed by atoms with E-state index in [1.807, 2.05) is 24.3 Å². The molecule has 0 atom stereocenters. The Morgan fingerprint density at radius 1 is 1.17 bits per heavy atom. The van der Waals surface area contributed by atoms with Crippen LogP contribution >= 0.6 is 0 Å². The van der Waals surface area contributed by atoms with Gasteiger partial charge in [0, 0.05) is 43.2 Å². The van der Waals surface area contributed by atoms with Crippen LogP contribution < -0.4 is 15.8 Å². The Balaban J connectivity index is 1.38. The molecule has 1 saturated heterocycles. The van der Waals surface area contributed by atoms with Gasteiger partial charge in [-0.1, -0.05) is 0 Å². The minimum atomic E-state index is -0.707. The normalized spacial score (nSPS) is 16.8. The van der Waals surface area contributed by atoms with Gasteiger partial charge in [0.05, 0.1) is 29.8 Å². The standard InChI is InChI=1S/C25H24N6O4/c1-13(32)31-11-15(12-31)34-14-3-4-20-19(7-14)30-23(35-20)18-10-29-22(27-2)17-9-28-21(8-16(17)18)25(5-6-25)24(26)33/h3-4,7-10,15H,5-6,11-12H2,1-2H3,(H2,26,33)(H,27,29). The van der Waals surface area contributed by atoms with Crippen molar-refractivity contribution in [2.75, 3.05) is 25.5 Å². The summed E-state index contributed by atoms with van der Waals surface area (Å²) in [7, 11) is 1.79. The van der Waals surface area contributed by atoms with Gasteiger partial charge in [-0.05, 0) is 31.0 Å². The Kier molecular flexibility index (Phi) is 4.67. The number of likely N-dealkylation sites (tertiary alicyclic amines) is 1. The molecule has 1 saturated carbocycles. The van der Waals surface area contributed by atoms with Crippen molar-refractivity contribution >= 4 is 39.5 Å².